The molecule has 17 heavy (non-hydrogen) atoms. The third-order valence-corrected chi connectivity index (χ3v) is 3.92. The molecule has 1 amide bonds. The van der Waals surface area contributed by atoms with Gasteiger partial charge in [-0.15, -0.1) is 0 Å². The molecule has 0 aromatic carbocycles. The van der Waals surface area contributed by atoms with Crippen molar-refractivity contribution in [2.24, 2.45) is 11.8 Å². The number of rotatable bonds is 5. The highest BCUT2D eigenvalue weighted by Crippen LogP contribution is 2.27. The van der Waals surface area contributed by atoms with Crippen LogP contribution < -0.4 is 5.32 Å². The lowest BCUT2D eigenvalue weighted by Gasteiger charge is -2.27. The van der Waals surface area contributed by atoms with E-state index in [2.05, 4.69) is 12.2 Å². The van der Waals surface area contributed by atoms with Crippen molar-refractivity contribution in [1.29, 1.82) is 0 Å². The second-order valence-corrected chi connectivity index (χ2v) is 5.87. The Labute approximate surface area is 106 Å². The standard InChI is InChI=1S/C14H28N2O/c1-11(2)16(4)14(17)10-15-9-13-7-5-6-12(3)8-13/h11-13,15H,5-10H2,1-4H3. The van der Waals surface area contributed by atoms with Gasteiger partial charge in [0, 0.05) is 13.1 Å². The van der Waals surface area contributed by atoms with Crippen LogP contribution in [0.3, 0.4) is 0 Å². The molecule has 1 aliphatic carbocycles. The van der Waals surface area contributed by atoms with Crippen LogP contribution in [0.2, 0.25) is 0 Å². The number of carbonyl (C=O) groups is 1. The van der Waals surface area contributed by atoms with Crippen LogP contribution in [0.1, 0.15) is 46.5 Å². The van der Waals surface area contributed by atoms with E-state index in [0.717, 1.165) is 18.4 Å². The van der Waals surface area contributed by atoms with Crippen LogP contribution in [-0.2, 0) is 4.79 Å². The fourth-order valence-electron chi connectivity index (χ4n) is 2.54. The van der Waals surface area contributed by atoms with E-state index in [1.54, 1.807) is 4.90 Å². The average Bonchev–Trinajstić information content (AvgIpc) is 2.27. The van der Waals surface area contributed by atoms with Crippen LogP contribution in [0.15, 0.2) is 0 Å². The van der Waals surface area contributed by atoms with Crippen molar-refractivity contribution in [1.82, 2.24) is 10.2 Å². The SMILES string of the molecule is CC1CCCC(CNCC(=O)N(C)C(C)C)C1. The summed E-state index contributed by atoms with van der Waals surface area (Å²) in [6.45, 7) is 7.91. The zero-order chi connectivity index (χ0) is 12.8. The largest absolute Gasteiger partial charge is 0.342 e. The molecule has 0 spiro atoms. The lowest BCUT2D eigenvalue weighted by molar-refractivity contribution is -0.130. The highest BCUT2D eigenvalue weighted by Gasteiger charge is 2.19. The van der Waals surface area contributed by atoms with E-state index in [1.165, 1.54) is 25.7 Å². The molecule has 0 radical (unpaired) electrons. The Kier molecular flexibility index (Phi) is 5.96. The molecule has 100 valence electrons. The summed E-state index contributed by atoms with van der Waals surface area (Å²) in [7, 11) is 1.87. The summed E-state index contributed by atoms with van der Waals surface area (Å²) >= 11 is 0. The van der Waals surface area contributed by atoms with Crippen molar-refractivity contribution in [3.8, 4) is 0 Å². The average molecular weight is 240 g/mol. The van der Waals surface area contributed by atoms with Crippen molar-refractivity contribution in [3.63, 3.8) is 0 Å². The van der Waals surface area contributed by atoms with E-state index in [0.29, 0.717) is 12.6 Å². The van der Waals surface area contributed by atoms with Crippen molar-refractivity contribution >= 4 is 5.91 Å². The highest BCUT2D eigenvalue weighted by atomic mass is 16.2. The van der Waals surface area contributed by atoms with E-state index >= 15 is 0 Å². The second-order valence-electron chi connectivity index (χ2n) is 5.87. The van der Waals surface area contributed by atoms with Crippen molar-refractivity contribution in [2.75, 3.05) is 20.1 Å². The van der Waals surface area contributed by atoms with Crippen LogP contribution in [0.4, 0.5) is 0 Å². The molecule has 0 aliphatic heterocycles. The first kappa shape index (κ1) is 14.5. The second kappa shape index (κ2) is 7.00. The van der Waals surface area contributed by atoms with E-state index in [4.69, 9.17) is 0 Å². The predicted octanol–water partition coefficient (Wildman–Crippen LogP) is 2.27. The molecular weight excluding hydrogens is 212 g/mol. The molecule has 3 nitrogen and oxygen atoms in total. The van der Waals surface area contributed by atoms with Crippen molar-refractivity contribution in [3.05, 3.63) is 0 Å². The Balaban J connectivity index is 2.16. The lowest BCUT2D eigenvalue weighted by Crippen LogP contribution is -2.40. The maximum atomic E-state index is 11.8. The smallest absolute Gasteiger partial charge is 0.236 e. The minimum absolute atomic E-state index is 0.198. The van der Waals surface area contributed by atoms with Gasteiger partial charge in [-0.25, -0.2) is 0 Å². The monoisotopic (exact) mass is 240 g/mol. The van der Waals surface area contributed by atoms with E-state index in [1.807, 2.05) is 20.9 Å². The zero-order valence-electron chi connectivity index (χ0n) is 11.8. The van der Waals surface area contributed by atoms with Gasteiger partial charge in [-0.05, 0) is 45.1 Å². The van der Waals surface area contributed by atoms with E-state index in [9.17, 15) is 4.79 Å². The van der Waals surface area contributed by atoms with E-state index in [-0.39, 0.29) is 5.91 Å². The van der Waals surface area contributed by atoms with Gasteiger partial charge in [0.15, 0.2) is 0 Å². The molecule has 0 heterocycles. The summed E-state index contributed by atoms with van der Waals surface area (Å²) in [5, 5.41) is 3.32. The molecular formula is C14H28N2O. The molecule has 3 heteroatoms. The summed E-state index contributed by atoms with van der Waals surface area (Å²) in [5.41, 5.74) is 0. The van der Waals surface area contributed by atoms with Gasteiger partial charge in [-0.1, -0.05) is 19.8 Å². The van der Waals surface area contributed by atoms with Gasteiger partial charge in [0.05, 0.1) is 6.54 Å². The number of nitrogens with one attached hydrogen (secondary N) is 1. The lowest BCUT2D eigenvalue weighted by atomic mass is 9.82. The minimum atomic E-state index is 0.198. The number of amides is 1. The predicted molar refractivity (Wildman–Crippen MR) is 71.9 cm³/mol. The first-order chi connectivity index (χ1) is 8.00. The van der Waals surface area contributed by atoms with Crippen LogP contribution in [0.5, 0.6) is 0 Å². The topological polar surface area (TPSA) is 32.3 Å². The summed E-state index contributed by atoms with van der Waals surface area (Å²) < 4.78 is 0. The van der Waals surface area contributed by atoms with Crippen molar-refractivity contribution < 1.29 is 4.79 Å². The summed E-state index contributed by atoms with van der Waals surface area (Å²) in [5.74, 6) is 1.84. The third-order valence-electron chi connectivity index (χ3n) is 3.92. The molecule has 2 unspecified atom stereocenters. The Morgan fingerprint density at radius 2 is 2.12 bits per heavy atom. The Bertz CT molecular complexity index is 240. The van der Waals surface area contributed by atoms with Gasteiger partial charge < -0.3 is 10.2 Å². The van der Waals surface area contributed by atoms with Gasteiger partial charge >= 0.3 is 0 Å². The van der Waals surface area contributed by atoms with Gasteiger partial charge in [0.1, 0.15) is 0 Å². The summed E-state index contributed by atoms with van der Waals surface area (Å²) in [4.78, 5) is 13.6. The van der Waals surface area contributed by atoms with Crippen LogP contribution in [0.25, 0.3) is 0 Å². The Morgan fingerprint density at radius 3 is 2.71 bits per heavy atom. The molecule has 0 bridgehead atoms. The third kappa shape index (κ3) is 5.07. The molecule has 0 saturated heterocycles. The first-order valence-electron chi connectivity index (χ1n) is 6.97. The normalized spacial score (nSPS) is 25.0. The Morgan fingerprint density at radius 1 is 1.41 bits per heavy atom. The van der Waals surface area contributed by atoms with Gasteiger partial charge in [-0.3, -0.25) is 4.79 Å². The number of carbonyl (C=O) groups excluding carboxylic acids is 1. The molecule has 1 aliphatic rings. The molecule has 1 saturated carbocycles. The molecule has 2 atom stereocenters. The quantitative estimate of drug-likeness (QED) is 0.799. The number of likely N-dealkylation sites (N-methyl/N-ethyl adjacent to an activating group) is 1. The van der Waals surface area contributed by atoms with Crippen LogP contribution >= 0.6 is 0 Å². The number of nitrogens with zero attached hydrogens (tertiary/aromatic N) is 1. The maximum Gasteiger partial charge on any atom is 0.236 e. The van der Waals surface area contributed by atoms with Gasteiger partial charge in [-0.2, -0.15) is 0 Å². The van der Waals surface area contributed by atoms with Crippen molar-refractivity contribution in [2.45, 2.75) is 52.5 Å². The summed E-state index contributed by atoms with van der Waals surface area (Å²) in [6.07, 6.45) is 5.38. The van der Waals surface area contributed by atoms with Crippen LogP contribution in [0, 0.1) is 11.8 Å². The molecule has 0 aromatic heterocycles. The molecule has 1 rings (SSSR count). The number of hydrogen-bond acceptors (Lipinski definition) is 2. The maximum absolute atomic E-state index is 11.8. The molecule has 1 fully saturated rings. The van der Waals surface area contributed by atoms with E-state index < -0.39 is 0 Å². The molecule has 0 aromatic rings. The minimum Gasteiger partial charge on any atom is -0.342 e. The highest BCUT2D eigenvalue weighted by molar-refractivity contribution is 5.78. The number of hydrogen-bond donors (Lipinski definition) is 1. The first-order valence-corrected chi connectivity index (χ1v) is 6.97. The fourth-order valence-corrected chi connectivity index (χ4v) is 2.54. The Hall–Kier alpha value is -0.570. The van der Waals surface area contributed by atoms with Gasteiger partial charge in [0.25, 0.3) is 0 Å². The summed E-state index contributed by atoms with van der Waals surface area (Å²) in [6, 6.07) is 0.291. The zero-order valence-corrected chi connectivity index (χ0v) is 11.8. The molecule has 1 N–H and O–H groups in total. The van der Waals surface area contributed by atoms with Gasteiger partial charge in [0.2, 0.25) is 5.91 Å². The van der Waals surface area contributed by atoms with Crippen LogP contribution in [-0.4, -0.2) is 37.0 Å². The fraction of sp³-hybridized carbons (Fsp3) is 0.929.